The summed E-state index contributed by atoms with van der Waals surface area (Å²) in [5, 5.41) is 0. The van der Waals surface area contributed by atoms with Gasteiger partial charge in [-0.3, -0.25) is 4.79 Å². The number of aromatic nitrogens is 1. The molecule has 2 heteroatoms. The summed E-state index contributed by atoms with van der Waals surface area (Å²) in [6, 6.07) is 6.23. The molecule has 2 rings (SSSR count). The molecule has 84 valence electrons. The number of carbonyl (C=O) groups is 1. The molecule has 0 unspecified atom stereocenters. The molecule has 16 heavy (non-hydrogen) atoms. The predicted octanol–water partition coefficient (Wildman–Crippen LogP) is 3.36. The molecule has 0 fully saturated rings. The van der Waals surface area contributed by atoms with Gasteiger partial charge in [-0.15, -0.1) is 0 Å². The summed E-state index contributed by atoms with van der Waals surface area (Å²) in [4.78, 5) is 11.2. The Morgan fingerprint density at radius 3 is 2.50 bits per heavy atom. The summed E-state index contributed by atoms with van der Waals surface area (Å²) >= 11 is 0. The molecule has 0 N–H and O–H groups in total. The molecule has 0 spiro atoms. The van der Waals surface area contributed by atoms with E-state index >= 15 is 0 Å². The van der Waals surface area contributed by atoms with Crippen LogP contribution in [0, 0.1) is 6.92 Å². The summed E-state index contributed by atoms with van der Waals surface area (Å²) in [7, 11) is 0. The number of hydrogen-bond acceptors (Lipinski definition) is 1. The van der Waals surface area contributed by atoms with E-state index in [-0.39, 0.29) is 5.41 Å². The Morgan fingerprint density at radius 2 is 1.94 bits per heavy atom. The summed E-state index contributed by atoms with van der Waals surface area (Å²) in [6.45, 7) is 8.44. The van der Waals surface area contributed by atoms with Crippen molar-refractivity contribution in [2.75, 3.05) is 0 Å². The van der Waals surface area contributed by atoms with Crippen molar-refractivity contribution >= 4 is 11.8 Å². The Kier molecular flexibility index (Phi) is 2.38. The zero-order chi connectivity index (χ0) is 11.9. The van der Waals surface area contributed by atoms with Crippen LogP contribution in [0.5, 0.6) is 0 Å². The Balaban J connectivity index is 2.81. The second-order valence-corrected chi connectivity index (χ2v) is 5.31. The highest BCUT2D eigenvalue weighted by Crippen LogP contribution is 2.28. The summed E-state index contributed by atoms with van der Waals surface area (Å²) < 4.78 is 1.96. The van der Waals surface area contributed by atoms with Gasteiger partial charge in [0, 0.05) is 11.7 Å². The molecule has 0 aliphatic rings. The van der Waals surface area contributed by atoms with Crippen LogP contribution in [0.3, 0.4) is 0 Å². The fraction of sp³-hybridized carbons (Fsp3) is 0.357. The van der Waals surface area contributed by atoms with E-state index in [0.717, 1.165) is 23.1 Å². The fourth-order valence-corrected chi connectivity index (χ4v) is 2.03. The summed E-state index contributed by atoms with van der Waals surface area (Å²) in [5.41, 5.74) is 4.17. The molecule has 0 amide bonds. The molecule has 0 radical (unpaired) electrons. The average molecular weight is 215 g/mol. The topological polar surface area (TPSA) is 21.5 Å². The zero-order valence-corrected chi connectivity index (χ0v) is 10.2. The largest absolute Gasteiger partial charge is 0.314 e. The Morgan fingerprint density at radius 1 is 1.25 bits per heavy atom. The number of hydrogen-bond donors (Lipinski definition) is 0. The third-order valence-corrected chi connectivity index (χ3v) is 2.89. The van der Waals surface area contributed by atoms with Gasteiger partial charge < -0.3 is 4.40 Å². The van der Waals surface area contributed by atoms with Crippen molar-refractivity contribution in [3.63, 3.8) is 0 Å². The van der Waals surface area contributed by atoms with Crippen molar-refractivity contribution < 1.29 is 4.79 Å². The molecule has 0 saturated heterocycles. The van der Waals surface area contributed by atoms with Crippen molar-refractivity contribution in [3.8, 4) is 0 Å². The zero-order valence-electron chi connectivity index (χ0n) is 10.2. The number of fused-ring (bicyclic) bond motifs is 1. The first-order valence-electron chi connectivity index (χ1n) is 5.51. The fourth-order valence-electron chi connectivity index (χ4n) is 2.03. The first-order valence-corrected chi connectivity index (χ1v) is 5.51. The molecule has 0 bridgehead atoms. The molecule has 2 aromatic rings. The van der Waals surface area contributed by atoms with Crippen LogP contribution >= 0.6 is 0 Å². The Hall–Kier alpha value is -1.57. The molecule has 2 nitrogen and oxygen atoms in total. The van der Waals surface area contributed by atoms with Crippen LogP contribution < -0.4 is 0 Å². The van der Waals surface area contributed by atoms with E-state index in [1.165, 1.54) is 5.56 Å². The van der Waals surface area contributed by atoms with Crippen LogP contribution in [-0.2, 0) is 5.41 Å². The number of pyridine rings is 1. The van der Waals surface area contributed by atoms with Crippen molar-refractivity contribution in [2.45, 2.75) is 33.1 Å². The lowest BCUT2D eigenvalue weighted by Crippen LogP contribution is -2.13. The standard InChI is InChI=1S/C14H17NO/c1-10-5-6-15-11(7-10)8-12(13(15)9-16)14(2,3)4/h5-9H,1-4H3. The lowest BCUT2D eigenvalue weighted by Gasteiger charge is -2.17. The van der Waals surface area contributed by atoms with Crippen LogP contribution in [0.15, 0.2) is 24.4 Å². The SMILES string of the molecule is Cc1ccn2c(C=O)c(C(C)(C)C)cc2c1. The molecule has 0 aliphatic heterocycles. The van der Waals surface area contributed by atoms with E-state index in [0.29, 0.717) is 0 Å². The third kappa shape index (κ3) is 1.64. The van der Waals surface area contributed by atoms with Gasteiger partial charge in [0.15, 0.2) is 6.29 Å². The van der Waals surface area contributed by atoms with E-state index in [1.54, 1.807) is 0 Å². The van der Waals surface area contributed by atoms with Crippen molar-refractivity contribution in [1.82, 2.24) is 4.40 Å². The van der Waals surface area contributed by atoms with Gasteiger partial charge >= 0.3 is 0 Å². The molecule has 0 atom stereocenters. The summed E-state index contributed by atoms with van der Waals surface area (Å²) in [5.74, 6) is 0. The number of aryl methyl sites for hydroxylation is 1. The maximum atomic E-state index is 11.2. The molecule has 0 saturated carbocycles. The van der Waals surface area contributed by atoms with Crippen LogP contribution in [0.25, 0.3) is 5.52 Å². The monoisotopic (exact) mass is 215 g/mol. The van der Waals surface area contributed by atoms with E-state index in [4.69, 9.17) is 0 Å². The van der Waals surface area contributed by atoms with Crippen molar-refractivity contribution in [1.29, 1.82) is 0 Å². The normalized spacial score (nSPS) is 12.0. The van der Waals surface area contributed by atoms with Gasteiger partial charge in [0.05, 0.1) is 5.69 Å². The van der Waals surface area contributed by atoms with Gasteiger partial charge in [-0.1, -0.05) is 20.8 Å². The highest BCUT2D eigenvalue weighted by Gasteiger charge is 2.21. The minimum atomic E-state index is -0.00380. The van der Waals surface area contributed by atoms with Gasteiger partial charge in [0.2, 0.25) is 0 Å². The van der Waals surface area contributed by atoms with Crippen LogP contribution in [0.4, 0.5) is 0 Å². The quantitative estimate of drug-likeness (QED) is 0.668. The third-order valence-electron chi connectivity index (χ3n) is 2.89. The van der Waals surface area contributed by atoms with Crippen molar-refractivity contribution in [3.05, 3.63) is 41.2 Å². The summed E-state index contributed by atoms with van der Waals surface area (Å²) in [6.07, 6.45) is 2.91. The van der Waals surface area contributed by atoms with Crippen LogP contribution in [-0.4, -0.2) is 10.7 Å². The Labute approximate surface area is 95.9 Å². The minimum absolute atomic E-state index is 0.00380. The first-order chi connectivity index (χ1) is 7.43. The minimum Gasteiger partial charge on any atom is -0.314 e. The van der Waals surface area contributed by atoms with Gasteiger partial charge in [-0.25, -0.2) is 0 Å². The van der Waals surface area contributed by atoms with Gasteiger partial charge in [-0.2, -0.15) is 0 Å². The number of carbonyl (C=O) groups excluding carboxylic acids is 1. The molecular weight excluding hydrogens is 198 g/mol. The maximum absolute atomic E-state index is 11.2. The van der Waals surface area contributed by atoms with E-state index in [1.807, 2.05) is 16.7 Å². The van der Waals surface area contributed by atoms with Crippen LogP contribution in [0.1, 0.15) is 42.4 Å². The smallest absolute Gasteiger partial charge is 0.167 e. The Bertz CT molecular complexity index is 544. The molecule has 2 aromatic heterocycles. The highest BCUT2D eigenvalue weighted by atomic mass is 16.1. The number of nitrogens with zero attached hydrogens (tertiary/aromatic N) is 1. The lowest BCUT2D eigenvalue weighted by atomic mass is 9.87. The maximum Gasteiger partial charge on any atom is 0.167 e. The second-order valence-electron chi connectivity index (χ2n) is 5.31. The highest BCUT2D eigenvalue weighted by molar-refractivity contribution is 5.80. The first kappa shape index (κ1) is 10.9. The van der Waals surface area contributed by atoms with Gasteiger partial charge in [-0.05, 0) is 41.7 Å². The van der Waals surface area contributed by atoms with E-state index in [2.05, 4.69) is 39.8 Å². The van der Waals surface area contributed by atoms with Gasteiger partial charge in [0.25, 0.3) is 0 Å². The predicted molar refractivity (Wildman–Crippen MR) is 66.2 cm³/mol. The number of rotatable bonds is 1. The molecule has 0 aliphatic carbocycles. The second kappa shape index (κ2) is 3.48. The average Bonchev–Trinajstić information content (AvgIpc) is 2.54. The lowest BCUT2D eigenvalue weighted by molar-refractivity contribution is 0.111. The van der Waals surface area contributed by atoms with Crippen LogP contribution in [0.2, 0.25) is 0 Å². The molecule has 2 heterocycles. The molecule has 0 aromatic carbocycles. The van der Waals surface area contributed by atoms with Crippen molar-refractivity contribution in [2.24, 2.45) is 0 Å². The van der Waals surface area contributed by atoms with E-state index in [9.17, 15) is 4.79 Å². The van der Waals surface area contributed by atoms with Gasteiger partial charge in [0.1, 0.15) is 0 Å². The molecular formula is C14H17NO. The van der Waals surface area contributed by atoms with E-state index < -0.39 is 0 Å². The number of aldehydes is 1.